The molecule has 0 aliphatic carbocycles. The SMILES string of the molecule is CC[C@H](C)[C@H](N)C(=O)N[C@H](CC(=O)O)C(=O)N[C@@H](Cc1c[nH]c2ccccc12)C(=O)N[C@@H](C)C(=O)c1cc(-c2sc(NC(=O)c3ccc(C(C)(C)C)cc3)nc2C)[nH]n1. The first-order valence-corrected chi connectivity index (χ1v) is 20.1. The maximum atomic E-state index is 13.9. The second kappa shape index (κ2) is 18.6. The van der Waals surface area contributed by atoms with E-state index in [9.17, 15) is 33.9 Å². The predicted octanol–water partition coefficient (Wildman–Crippen LogP) is 4.62. The number of carboxylic acid groups (broad SMARTS) is 1. The minimum absolute atomic E-state index is 0.0178. The molecule has 5 rings (SSSR count). The van der Waals surface area contributed by atoms with E-state index in [-0.39, 0.29) is 29.4 Å². The number of fused-ring (bicyclic) bond motifs is 1. The Morgan fingerprint density at radius 3 is 2.24 bits per heavy atom. The van der Waals surface area contributed by atoms with Gasteiger partial charge in [0.1, 0.15) is 17.8 Å². The molecule has 3 heterocycles. The van der Waals surface area contributed by atoms with Crippen LogP contribution in [-0.2, 0) is 31.0 Å². The maximum absolute atomic E-state index is 13.9. The number of carbonyl (C=O) groups excluding carboxylic acids is 5. The van der Waals surface area contributed by atoms with Crippen molar-refractivity contribution in [2.24, 2.45) is 11.7 Å². The standard InChI is InChI=1S/C42H51N9O7S/c1-8-21(2)34(43)40(58)48-32(19-33(52)53)39(57)47-31(17-25-20-44-28-12-10-9-11-27(25)28)38(56)45-22(3)35(54)29-18-30(51-50-29)36-23(4)46-41(59-36)49-37(55)24-13-15-26(16-14-24)42(5,6)7/h9-16,18,20-22,31-32,34,44H,8,17,19,43H2,1-7H3,(H,45,56)(H,47,57)(H,48,58)(H,50,51)(H,52,53)(H,46,49,55)/t21-,22-,31-,32+,34-/m0/s1. The number of ketones is 1. The third-order valence-electron chi connectivity index (χ3n) is 10.2. The molecule has 0 aliphatic heterocycles. The zero-order valence-corrected chi connectivity index (χ0v) is 34.9. The summed E-state index contributed by atoms with van der Waals surface area (Å²) in [4.78, 5) is 87.2. The van der Waals surface area contributed by atoms with E-state index >= 15 is 0 Å². The van der Waals surface area contributed by atoms with Crippen LogP contribution in [-0.4, -0.2) is 84.8 Å². The lowest BCUT2D eigenvalue weighted by molar-refractivity contribution is -0.141. The van der Waals surface area contributed by atoms with Crippen LogP contribution in [0.2, 0.25) is 0 Å². The molecule has 0 fully saturated rings. The number of benzene rings is 2. The van der Waals surface area contributed by atoms with E-state index in [0.29, 0.717) is 38.9 Å². The average molecular weight is 826 g/mol. The van der Waals surface area contributed by atoms with Crippen molar-refractivity contribution in [2.45, 2.75) is 97.3 Å². The van der Waals surface area contributed by atoms with E-state index in [2.05, 4.69) is 62.2 Å². The van der Waals surface area contributed by atoms with Crippen molar-refractivity contribution in [3.63, 3.8) is 0 Å². The van der Waals surface area contributed by atoms with Crippen molar-refractivity contribution >= 4 is 62.8 Å². The number of thiazole rings is 1. The predicted molar refractivity (Wildman–Crippen MR) is 225 cm³/mol. The summed E-state index contributed by atoms with van der Waals surface area (Å²) in [6, 6.07) is 11.3. The van der Waals surface area contributed by atoms with Crippen molar-refractivity contribution in [2.75, 3.05) is 5.32 Å². The summed E-state index contributed by atoms with van der Waals surface area (Å²) < 4.78 is 0. The van der Waals surface area contributed by atoms with Gasteiger partial charge in [0.25, 0.3) is 5.91 Å². The molecule has 0 bridgehead atoms. The molecule has 3 aromatic heterocycles. The maximum Gasteiger partial charge on any atom is 0.305 e. The molecule has 59 heavy (non-hydrogen) atoms. The van der Waals surface area contributed by atoms with Gasteiger partial charge in [-0.1, -0.05) is 82.7 Å². The molecule has 0 saturated heterocycles. The normalized spacial score (nSPS) is 14.1. The van der Waals surface area contributed by atoms with Gasteiger partial charge in [0.2, 0.25) is 23.5 Å². The van der Waals surface area contributed by atoms with Gasteiger partial charge in [-0.15, -0.1) is 0 Å². The van der Waals surface area contributed by atoms with Crippen LogP contribution in [0.1, 0.15) is 92.1 Å². The fourth-order valence-corrected chi connectivity index (χ4v) is 7.25. The minimum atomic E-state index is -1.54. The van der Waals surface area contributed by atoms with Gasteiger partial charge in [-0.3, -0.25) is 39.2 Å². The highest BCUT2D eigenvalue weighted by atomic mass is 32.1. The number of nitrogens with one attached hydrogen (secondary N) is 6. The molecule has 17 heteroatoms. The van der Waals surface area contributed by atoms with Crippen molar-refractivity contribution in [3.8, 4) is 10.6 Å². The molecule has 2 aromatic carbocycles. The van der Waals surface area contributed by atoms with E-state index in [4.69, 9.17) is 5.73 Å². The molecule has 5 aromatic rings. The number of hydrogen-bond donors (Lipinski definition) is 8. The Bertz CT molecular complexity index is 2340. The number of aromatic nitrogens is 4. The Balaban J connectivity index is 1.30. The molecule has 5 atom stereocenters. The highest BCUT2D eigenvalue weighted by molar-refractivity contribution is 7.19. The van der Waals surface area contributed by atoms with Gasteiger partial charge < -0.3 is 31.8 Å². The Labute approximate surface area is 345 Å². The molecule has 0 aliphatic rings. The Morgan fingerprint density at radius 2 is 1.58 bits per heavy atom. The number of Topliss-reactive ketones (excluding diaryl/α,β-unsaturated/α-hetero) is 1. The lowest BCUT2D eigenvalue weighted by Gasteiger charge is -2.25. The molecule has 16 nitrogen and oxygen atoms in total. The summed E-state index contributed by atoms with van der Waals surface area (Å²) in [5.74, 6) is -4.80. The van der Waals surface area contributed by atoms with Gasteiger partial charge in [0, 0.05) is 29.1 Å². The number of aromatic amines is 2. The van der Waals surface area contributed by atoms with Gasteiger partial charge in [-0.05, 0) is 60.6 Å². The van der Waals surface area contributed by atoms with E-state index in [1.54, 1.807) is 32.2 Å². The summed E-state index contributed by atoms with van der Waals surface area (Å²) in [5.41, 5.74) is 10.1. The number of carboxylic acids is 1. The van der Waals surface area contributed by atoms with Crippen LogP contribution >= 0.6 is 11.3 Å². The first kappa shape index (κ1) is 43.9. The van der Waals surface area contributed by atoms with Crippen LogP contribution in [0.3, 0.4) is 0 Å². The monoisotopic (exact) mass is 825 g/mol. The van der Waals surface area contributed by atoms with E-state index in [0.717, 1.165) is 16.5 Å². The molecule has 0 spiro atoms. The highest BCUT2D eigenvalue weighted by Crippen LogP contribution is 2.32. The number of nitrogens with two attached hydrogens (primary N) is 1. The van der Waals surface area contributed by atoms with Crippen LogP contribution in [0.5, 0.6) is 0 Å². The van der Waals surface area contributed by atoms with Crippen LogP contribution in [0.4, 0.5) is 5.13 Å². The number of aliphatic carboxylic acids is 1. The molecular formula is C42H51N9O7S. The van der Waals surface area contributed by atoms with Crippen molar-refractivity contribution in [1.82, 2.24) is 36.1 Å². The van der Waals surface area contributed by atoms with Gasteiger partial charge in [0.15, 0.2) is 5.13 Å². The van der Waals surface area contributed by atoms with Crippen molar-refractivity contribution in [1.29, 1.82) is 0 Å². The highest BCUT2D eigenvalue weighted by Gasteiger charge is 2.33. The number of aryl methyl sites for hydroxylation is 1. The van der Waals surface area contributed by atoms with Gasteiger partial charge >= 0.3 is 5.97 Å². The number of hydrogen-bond acceptors (Lipinski definition) is 10. The number of carbonyl (C=O) groups is 6. The van der Waals surface area contributed by atoms with Crippen LogP contribution in [0, 0.1) is 12.8 Å². The van der Waals surface area contributed by atoms with Crippen molar-refractivity contribution in [3.05, 3.63) is 88.9 Å². The summed E-state index contributed by atoms with van der Waals surface area (Å²) in [6.07, 6.45) is 1.47. The topological polar surface area (TPSA) is 254 Å². The Morgan fingerprint density at radius 1 is 0.915 bits per heavy atom. The third kappa shape index (κ3) is 10.9. The number of H-pyrrole nitrogens is 2. The molecule has 312 valence electrons. The number of nitrogens with zero attached hydrogens (tertiary/aromatic N) is 2. The molecule has 4 amide bonds. The number of amides is 4. The number of anilines is 1. The summed E-state index contributed by atoms with van der Waals surface area (Å²) >= 11 is 1.20. The quantitative estimate of drug-likeness (QED) is 0.0604. The zero-order chi connectivity index (χ0) is 43.2. The van der Waals surface area contributed by atoms with Gasteiger partial charge in [-0.2, -0.15) is 5.10 Å². The van der Waals surface area contributed by atoms with E-state index < -0.39 is 60.1 Å². The number of rotatable bonds is 17. The second-order valence-corrected chi connectivity index (χ2v) is 16.7. The third-order valence-corrected chi connectivity index (χ3v) is 11.3. The molecule has 0 unspecified atom stereocenters. The van der Waals surface area contributed by atoms with E-state index in [1.807, 2.05) is 43.3 Å². The van der Waals surface area contributed by atoms with Crippen LogP contribution in [0.25, 0.3) is 21.5 Å². The molecular weight excluding hydrogens is 775 g/mol. The summed E-state index contributed by atoms with van der Waals surface area (Å²) in [7, 11) is 0. The smallest absolute Gasteiger partial charge is 0.305 e. The summed E-state index contributed by atoms with van der Waals surface area (Å²) in [5, 5.41) is 28.3. The molecule has 9 N–H and O–H groups in total. The Hall–Kier alpha value is -6.20. The molecule has 0 saturated carbocycles. The fourth-order valence-electron chi connectivity index (χ4n) is 6.32. The summed E-state index contributed by atoms with van der Waals surface area (Å²) in [6.45, 7) is 13.1. The lowest BCUT2D eigenvalue weighted by Crippen LogP contribution is -2.58. The van der Waals surface area contributed by atoms with Crippen molar-refractivity contribution < 1.29 is 33.9 Å². The second-order valence-electron chi connectivity index (χ2n) is 15.7. The first-order chi connectivity index (χ1) is 27.9. The van der Waals surface area contributed by atoms with E-state index in [1.165, 1.54) is 24.3 Å². The van der Waals surface area contributed by atoms with Crippen LogP contribution < -0.4 is 27.0 Å². The first-order valence-electron chi connectivity index (χ1n) is 19.3. The lowest BCUT2D eigenvalue weighted by atomic mass is 9.87. The zero-order valence-electron chi connectivity index (χ0n) is 34.1. The largest absolute Gasteiger partial charge is 0.481 e. The fraction of sp³-hybridized carbons (Fsp3) is 0.381. The van der Waals surface area contributed by atoms with Gasteiger partial charge in [0.05, 0.1) is 34.8 Å². The number of para-hydroxylation sites is 1. The molecule has 0 radical (unpaired) electrons. The van der Waals surface area contributed by atoms with Gasteiger partial charge in [-0.25, -0.2) is 4.98 Å². The Kier molecular flexibility index (Phi) is 13.8. The average Bonchev–Trinajstić information content (AvgIpc) is 3.94. The van der Waals surface area contributed by atoms with Crippen LogP contribution in [0.15, 0.2) is 60.8 Å². The minimum Gasteiger partial charge on any atom is -0.481 e.